The van der Waals surface area contributed by atoms with Gasteiger partial charge in [0.25, 0.3) is 0 Å². The summed E-state index contributed by atoms with van der Waals surface area (Å²) in [6.45, 7) is 2.82. The van der Waals surface area contributed by atoms with Crippen molar-refractivity contribution >= 4 is 15.9 Å². The first-order valence-electron chi connectivity index (χ1n) is 6.07. The first-order valence-corrected chi connectivity index (χ1v) is 7.68. The van der Waals surface area contributed by atoms with Gasteiger partial charge in [-0.1, -0.05) is 6.92 Å². The minimum absolute atomic E-state index is 0.0157. The summed E-state index contributed by atoms with van der Waals surface area (Å²) in [5.74, 6) is 0.301. The predicted octanol–water partition coefficient (Wildman–Crippen LogP) is 0.526. The van der Waals surface area contributed by atoms with Crippen molar-refractivity contribution in [3.63, 3.8) is 0 Å². The molecule has 0 aromatic carbocycles. The Labute approximate surface area is 104 Å². The maximum atomic E-state index is 11.8. The van der Waals surface area contributed by atoms with Crippen LogP contribution in [0.5, 0.6) is 0 Å². The standard InChI is InChI=1S/C11H22N2O3S/c1-4-9-17(15,16)13-7-5-10(6-8-13)11(14)12(2)3/h10H,4-9H2,1-3H3. The van der Waals surface area contributed by atoms with E-state index >= 15 is 0 Å². The van der Waals surface area contributed by atoms with Crippen LogP contribution in [-0.4, -0.2) is 56.5 Å². The van der Waals surface area contributed by atoms with E-state index in [0.29, 0.717) is 32.4 Å². The van der Waals surface area contributed by atoms with Gasteiger partial charge in [-0.05, 0) is 19.3 Å². The van der Waals surface area contributed by atoms with E-state index in [1.54, 1.807) is 19.0 Å². The topological polar surface area (TPSA) is 57.7 Å². The Morgan fingerprint density at radius 1 is 1.29 bits per heavy atom. The first kappa shape index (κ1) is 14.4. The number of hydrogen-bond acceptors (Lipinski definition) is 3. The van der Waals surface area contributed by atoms with Crippen LogP contribution in [0.25, 0.3) is 0 Å². The van der Waals surface area contributed by atoms with Crippen LogP contribution in [0.15, 0.2) is 0 Å². The lowest BCUT2D eigenvalue weighted by Crippen LogP contribution is -2.43. The summed E-state index contributed by atoms with van der Waals surface area (Å²) >= 11 is 0. The SMILES string of the molecule is CCCS(=O)(=O)N1CCC(C(=O)N(C)C)CC1. The zero-order valence-electron chi connectivity index (χ0n) is 10.8. The second kappa shape index (κ2) is 5.82. The summed E-state index contributed by atoms with van der Waals surface area (Å²) in [5, 5.41) is 0. The van der Waals surface area contributed by atoms with Crippen LogP contribution in [-0.2, 0) is 14.8 Å². The summed E-state index contributed by atoms with van der Waals surface area (Å²) < 4.78 is 25.2. The van der Waals surface area contributed by atoms with Gasteiger partial charge >= 0.3 is 0 Å². The molecule has 1 heterocycles. The van der Waals surface area contributed by atoms with Gasteiger partial charge in [0.05, 0.1) is 5.75 Å². The van der Waals surface area contributed by atoms with Crippen molar-refractivity contribution in [2.75, 3.05) is 32.9 Å². The third kappa shape index (κ3) is 3.67. The van der Waals surface area contributed by atoms with E-state index < -0.39 is 10.0 Å². The van der Waals surface area contributed by atoms with Crippen LogP contribution in [0.3, 0.4) is 0 Å². The first-order chi connectivity index (χ1) is 7.88. The van der Waals surface area contributed by atoms with Crippen LogP contribution in [0.1, 0.15) is 26.2 Å². The van der Waals surface area contributed by atoms with Crippen molar-refractivity contribution in [3.05, 3.63) is 0 Å². The van der Waals surface area contributed by atoms with Crippen molar-refractivity contribution in [2.45, 2.75) is 26.2 Å². The summed E-state index contributed by atoms with van der Waals surface area (Å²) in [6.07, 6.45) is 1.92. The number of hydrogen-bond donors (Lipinski definition) is 0. The van der Waals surface area contributed by atoms with Crippen LogP contribution >= 0.6 is 0 Å². The highest BCUT2D eigenvalue weighted by atomic mass is 32.2. The van der Waals surface area contributed by atoms with Gasteiger partial charge in [-0.2, -0.15) is 0 Å². The molecule has 0 spiro atoms. The molecule has 5 nitrogen and oxygen atoms in total. The fraction of sp³-hybridized carbons (Fsp3) is 0.909. The highest BCUT2D eigenvalue weighted by Gasteiger charge is 2.30. The van der Waals surface area contributed by atoms with Gasteiger partial charge in [-0.25, -0.2) is 12.7 Å². The zero-order chi connectivity index (χ0) is 13.1. The maximum absolute atomic E-state index is 11.8. The number of piperidine rings is 1. The molecule has 6 heteroatoms. The monoisotopic (exact) mass is 262 g/mol. The second-order valence-electron chi connectivity index (χ2n) is 4.72. The number of amides is 1. The van der Waals surface area contributed by atoms with Gasteiger partial charge in [0.15, 0.2) is 0 Å². The maximum Gasteiger partial charge on any atom is 0.225 e. The lowest BCUT2D eigenvalue weighted by atomic mass is 9.97. The Bertz CT molecular complexity index is 357. The summed E-state index contributed by atoms with van der Waals surface area (Å²) in [4.78, 5) is 13.3. The van der Waals surface area contributed by atoms with Crippen LogP contribution in [0.4, 0.5) is 0 Å². The highest BCUT2D eigenvalue weighted by Crippen LogP contribution is 2.21. The largest absolute Gasteiger partial charge is 0.349 e. The Morgan fingerprint density at radius 3 is 2.24 bits per heavy atom. The quantitative estimate of drug-likeness (QED) is 0.742. The number of carbonyl (C=O) groups is 1. The normalized spacial score (nSPS) is 19.2. The fourth-order valence-electron chi connectivity index (χ4n) is 2.13. The molecule has 0 saturated carbocycles. The van der Waals surface area contributed by atoms with E-state index in [4.69, 9.17) is 0 Å². The van der Waals surface area contributed by atoms with E-state index in [2.05, 4.69) is 0 Å². The predicted molar refractivity (Wildman–Crippen MR) is 67.1 cm³/mol. The number of rotatable bonds is 4. The summed E-state index contributed by atoms with van der Waals surface area (Å²) in [7, 11) is 0.383. The molecule has 1 aliphatic rings. The van der Waals surface area contributed by atoms with Crippen LogP contribution < -0.4 is 0 Å². The molecular formula is C11H22N2O3S. The van der Waals surface area contributed by atoms with Gasteiger partial charge in [-0.15, -0.1) is 0 Å². The molecule has 17 heavy (non-hydrogen) atoms. The summed E-state index contributed by atoms with van der Waals surface area (Å²) in [6, 6.07) is 0. The van der Waals surface area contributed by atoms with E-state index in [9.17, 15) is 13.2 Å². The lowest BCUT2D eigenvalue weighted by molar-refractivity contribution is -0.134. The van der Waals surface area contributed by atoms with Gasteiger partial charge in [-0.3, -0.25) is 4.79 Å². The van der Waals surface area contributed by atoms with E-state index in [-0.39, 0.29) is 17.6 Å². The third-order valence-electron chi connectivity index (χ3n) is 3.10. The molecule has 0 aromatic rings. The van der Waals surface area contributed by atoms with Crippen molar-refractivity contribution in [1.29, 1.82) is 0 Å². The van der Waals surface area contributed by atoms with Crippen molar-refractivity contribution in [1.82, 2.24) is 9.21 Å². The summed E-state index contributed by atoms with van der Waals surface area (Å²) in [5.41, 5.74) is 0. The number of nitrogens with zero attached hydrogens (tertiary/aromatic N) is 2. The number of carbonyl (C=O) groups excluding carboxylic acids is 1. The van der Waals surface area contributed by atoms with Crippen LogP contribution in [0.2, 0.25) is 0 Å². The molecule has 1 fully saturated rings. The third-order valence-corrected chi connectivity index (χ3v) is 5.18. The smallest absolute Gasteiger partial charge is 0.225 e. The minimum atomic E-state index is -3.09. The molecular weight excluding hydrogens is 240 g/mol. The van der Waals surface area contributed by atoms with E-state index in [1.165, 1.54) is 4.31 Å². The van der Waals surface area contributed by atoms with Crippen molar-refractivity contribution < 1.29 is 13.2 Å². The lowest BCUT2D eigenvalue weighted by Gasteiger charge is -2.31. The molecule has 0 aromatic heterocycles. The Hall–Kier alpha value is -0.620. The highest BCUT2D eigenvalue weighted by molar-refractivity contribution is 7.89. The molecule has 1 aliphatic heterocycles. The molecule has 1 saturated heterocycles. The van der Waals surface area contributed by atoms with Crippen molar-refractivity contribution in [2.24, 2.45) is 5.92 Å². The second-order valence-corrected chi connectivity index (χ2v) is 6.81. The number of sulfonamides is 1. The Balaban J connectivity index is 2.54. The average molecular weight is 262 g/mol. The van der Waals surface area contributed by atoms with Gasteiger partial charge in [0.1, 0.15) is 0 Å². The van der Waals surface area contributed by atoms with E-state index in [0.717, 1.165) is 0 Å². The molecule has 1 amide bonds. The molecule has 0 bridgehead atoms. The Morgan fingerprint density at radius 2 is 1.82 bits per heavy atom. The molecule has 0 radical (unpaired) electrons. The van der Waals surface area contributed by atoms with Crippen molar-refractivity contribution in [3.8, 4) is 0 Å². The zero-order valence-corrected chi connectivity index (χ0v) is 11.7. The fourth-order valence-corrected chi connectivity index (χ4v) is 3.67. The Kier molecular flexibility index (Phi) is 4.94. The molecule has 0 aliphatic carbocycles. The molecule has 0 unspecified atom stereocenters. The van der Waals surface area contributed by atoms with Crippen LogP contribution in [0, 0.1) is 5.92 Å². The molecule has 0 N–H and O–H groups in total. The molecule has 1 rings (SSSR count). The van der Waals surface area contributed by atoms with Gasteiger partial charge in [0, 0.05) is 33.1 Å². The van der Waals surface area contributed by atoms with Gasteiger partial charge in [0.2, 0.25) is 15.9 Å². The molecule has 0 atom stereocenters. The van der Waals surface area contributed by atoms with E-state index in [1.807, 2.05) is 6.92 Å². The molecule has 100 valence electrons. The van der Waals surface area contributed by atoms with Gasteiger partial charge < -0.3 is 4.90 Å². The average Bonchev–Trinajstić information content (AvgIpc) is 2.28. The minimum Gasteiger partial charge on any atom is -0.349 e.